The van der Waals surface area contributed by atoms with E-state index in [0.29, 0.717) is 30.5 Å². The normalized spacial score (nSPS) is 29.3. The van der Waals surface area contributed by atoms with E-state index < -0.39 is 5.82 Å². The number of fused-ring (bicyclic) bond motifs is 2. The van der Waals surface area contributed by atoms with Gasteiger partial charge in [-0.05, 0) is 62.0 Å². The van der Waals surface area contributed by atoms with Gasteiger partial charge in [-0.3, -0.25) is 4.79 Å². The number of carbonyl (C=O) groups excluding carboxylic acids is 1. The van der Waals surface area contributed by atoms with E-state index in [-0.39, 0.29) is 11.0 Å². The maximum Gasteiger partial charge on any atom is 0.153 e. The summed E-state index contributed by atoms with van der Waals surface area (Å²) in [6, 6.07) is 3.11. The molecular formula is C20H23FO2. The van der Waals surface area contributed by atoms with E-state index in [1.165, 1.54) is 18.9 Å². The number of allylic oxidation sites excluding steroid dienone is 2. The zero-order chi connectivity index (χ0) is 16.0. The fourth-order valence-corrected chi connectivity index (χ4v) is 4.47. The van der Waals surface area contributed by atoms with Crippen LogP contribution >= 0.6 is 0 Å². The predicted molar refractivity (Wildman–Crippen MR) is 87.4 cm³/mol. The first kappa shape index (κ1) is 14.9. The third-order valence-corrected chi connectivity index (χ3v) is 5.63. The minimum atomic E-state index is -0.473. The molecule has 0 spiro atoms. The number of hydrogen-bond acceptors (Lipinski definition) is 2. The summed E-state index contributed by atoms with van der Waals surface area (Å²) in [5.41, 5.74) is 2.93. The van der Waals surface area contributed by atoms with Crippen molar-refractivity contribution in [2.75, 3.05) is 6.61 Å². The maximum atomic E-state index is 14.0. The molecule has 0 amide bonds. The van der Waals surface area contributed by atoms with Gasteiger partial charge in [0.2, 0.25) is 0 Å². The molecule has 4 rings (SSSR count). The molecule has 23 heavy (non-hydrogen) atoms. The van der Waals surface area contributed by atoms with E-state index in [2.05, 4.69) is 13.0 Å². The standard InChI is InChI=1S/C20H23FO2/c1-13-6-14-4-5-20(9-13,10-14)12-23-19-8-18(21)16(11-22)7-17(19)15-2-3-15/h4,7-8,11,13,15H,2-3,5-6,9-10,12H2,1H3. The van der Waals surface area contributed by atoms with Crippen molar-refractivity contribution in [2.24, 2.45) is 11.3 Å². The molecule has 2 nitrogen and oxygen atoms in total. The molecule has 2 fully saturated rings. The Morgan fingerprint density at radius 2 is 2.22 bits per heavy atom. The van der Waals surface area contributed by atoms with Crippen LogP contribution in [0.3, 0.4) is 0 Å². The highest BCUT2D eigenvalue weighted by molar-refractivity contribution is 5.76. The summed E-state index contributed by atoms with van der Waals surface area (Å²) in [5, 5.41) is 0. The Morgan fingerprint density at radius 3 is 2.96 bits per heavy atom. The molecule has 2 saturated carbocycles. The average molecular weight is 314 g/mol. The average Bonchev–Trinajstić information content (AvgIpc) is 3.31. The number of rotatable bonds is 5. The zero-order valence-corrected chi connectivity index (χ0v) is 13.6. The molecule has 3 aliphatic rings. The van der Waals surface area contributed by atoms with Crippen LogP contribution in [0.4, 0.5) is 4.39 Å². The molecule has 3 heteroatoms. The van der Waals surface area contributed by atoms with Crippen molar-refractivity contribution >= 4 is 6.29 Å². The highest BCUT2D eigenvalue weighted by Crippen LogP contribution is 2.51. The second kappa shape index (κ2) is 5.47. The van der Waals surface area contributed by atoms with Gasteiger partial charge >= 0.3 is 0 Å². The second-order valence-electron chi connectivity index (χ2n) is 7.85. The largest absolute Gasteiger partial charge is 0.493 e. The summed E-state index contributed by atoms with van der Waals surface area (Å²) in [7, 11) is 0. The van der Waals surface area contributed by atoms with Gasteiger partial charge in [-0.2, -0.15) is 0 Å². The van der Waals surface area contributed by atoms with Gasteiger partial charge in [0.25, 0.3) is 0 Å². The summed E-state index contributed by atoms with van der Waals surface area (Å²) >= 11 is 0. The molecule has 0 heterocycles. The summed E-state index contributed by atoms with van der Waals surface area (Å²) in [6.45, 7) is 2.96. The number of halogens is 1. The molecule has 0 N–H and O–H groups in total. The van der Waals surface area contributed by atoms with Crippen LogP contribution in [0.2, 0.25) is 0 Å². The molecule has 2 atom stereocenters. The van der Waals surface area contributed by atoms with Gasteiger partial charge < -0.3 is 4.74 Å². The van der Waals surface area contributed by atoms with Crippen molar-refractivity contribution in [1.29, 1.82) is 0 Å². The highest BCUT2D eigenvalue weighted by Gasteiger charge is 2.41. The number of aldehydes is 1. The van der Waals surface area contributed by atoms with Gasteiger partial charge in [0.15, 0.2) is 6.29 Å². The van der Waals surface area contributed by atoms with Crippen molar-refractivity contribution in [1.82, 2.24) is 0 Å². The molecule has 0 saturated heterocycles. The third-order valence-electron chi connectivity index (χ3n) is 5.63. The fraction of sp³-hybridized carbons (Fsp3) is 0.550. The lowest BCUT2D eigenvalue weighted by Crippen LogP contribution is -2.31. The highest BCUT2D eigenvalue weighted by atomic mass is 19.1. The Morgan fingerprint density at radius 1 is 1.39 bits per heavy atom. The van der Waals surface area contributed by atoms with E-state index in [0.717, 1.165) is 31.2 Å². The molecule has 3 aliphatic carbocycles. The van der Waals surface area contributed by atoms with E-state index >= 15 is 0 Å². The van der Waals surface area contributed by atoms with E-state index in [1.807, 2.05) is 0 Å². The minimum absolute atomic E-state index is 0.147. The lowest BCUT2D eigenvalue weighted by molar-refractivity contribution is 0.109. The molecule has 122 valence electrons. The van der Waals surface area contributed by atoms with Gasteiger partial charge in [0.1, 0.15) is 11.6 Å². The predicted octanol–water partition coefficient (Wildman–Crippen LogP) is 5.03. The van der Waals surface area contributed by atoms with E-state index in [4.69, 9.17) is 4.74 Å². The number of benzene rings is 1. The number of ether oxygens (including phenoxy) is 1. The molecule has 2 unspecified atom stereocenters. The monoisotopic (exact) mass is 314 g/mol. The third kappa shape index (κ3) is 2.82. The maximum absolute atomic E-state index is 14.0. The fourth-order valence-electron chi connectivity index (χ4n) is 4.47. The molecule has 0 aromatic heterocycles. The van der Waals surface area contributed by atoms with Crippen LogP contribution in [-0.2, 0) is 0 Å². The second-order valence-corrected chi connectivity index (χ2v) is 7.85. The van der Waals surface area contributed by atoms with Crippen LogP contribution in [0.25, 0.3) is 0 Å². The van der Waals surface area contributed by atoms with Crippen molar-refractivity contribution in [3.63, 3.8) is 0 Å². The molecule has 0 aliphatic heterocycles. The molecule has 0 radical (unpaired) electrons. The first-order chi connectivity index (χ1) is 11.1. The SMILES string of the molecule is CC1CC2=CCC(COc3cc(F)c(C=O)cc3C3CC3)(C2)C1. The van der Waals surface area contributed by atoms with E-state index in [1.54, 1.807) is 11.6 Å². The van der Waals surface area contributed by atoms with Crippen LogP contribution < -0.4 is 4.74 Å². The molecule has 1 aromatic rings. The first-order valence-electron chi connectivity index (χ1n) is 8.68. The minimum Gasteiger partial charge on any atom is -0.493 e. The summed E-state index contributed by atoms with van der Waals surface area (Å²) in [5.74, 6) is 1.32. The Balaban J connectivity index is 1.55. The van der Waals surface area contributed by atoms with Crippen LogP contribution in [0.15, 0.2) is 23.8 Å². The van der Waals surface area contributed by atoms with Crippen LogP contribution in [-0.4, -0.2) is 12.9 Å². The van der Waals surface area contributed by atoms with Gasteiger partial charge in [0.05, 0.1) is 12.2 Å². The van der Waals surface area contributed by atoms with Crippen LogP contribution in [0, 0.1) is 17.2 Å². The Kier molecular flexibility index (Phi) is 3.55. The molecule has 1 aromatic carbocycles. The van der Waals surface area contributed by atoms with E-state index in [9.17, 15) is 9.18 Å². The van der Waals surface area contributed by atoms with Gasteiger partial charge in [0, 0.05) is 11.5 Å². The van der Waals surface area contributed by atoms with Crippen LogP contribution in [0.5, 0.6) is 5.75 Å². The summed E-state index contributed by atoms with van der Waals surface area (Å²) in [6.07, 6.45) is 9.80. The quantitative estimate of drug-likeness (QED) is 0.563. The van der Waals surface area contributed by atoms with Gasteiger partial charge in [-0.25, -0.2) is 4.39 Å². The Hall–Kier alpha value is -1.64. The zero-order valence-electron chi connectivity index (χ0n) is 13.6. The Labute approximate surface area is 136 Å². The van der Waals surface area contributed by atoms with Crippen molar-refractivity contribution < 1.29 is 13.9 Å². The number of carbonyl (C=O) groups is 1. The lowest BCUT2D eigenvalue weighted by atomic mass is 9.72. The smallest absolute Gasteiger partial charge is 0.153 e. The topological polar surface area (TPSA) is 26.3 Å². The Bertz CT molecular complexity index is 674. The molecule has 2 bridgehead atoms. The summed E-state index contributed by atoms with van der Waals surface area (Å²) < 4.78 is 20.1. The van der Waals surface area contributed by atoms with Crippen molar-refractivity contribution in [3.05, 3.63) is 40.7 Å². The van der Waals surface area contributed by atoms with Crippen molar-refractivity contribution in [3.8, 4) is 5.75 Å². The summed E-state index contributed by atoms with van der Waals surface area (Å²) in [4.78, 5) is 11.0. The van der Waals surface area contributed by atoms with Gasteiger partial charge in [-0.15, -0.1) is 0 Å². The van der Waals surface area contributed by atoms with Crippen molar-refractivity contribution in [2.45, 2.75) is 51.4 Å². The first-order valence-corrected chi connectivity index (χ1v) is 8.68. The van der Waals surface area contributed by atoms with Crippen LogP contribution in [0.1, 0.15) is 67.3 Å². The lowest BCUT2D eigenvalue weighted by Gasteiger charge is -2.36. The number of hydrogen-bond donors (Lipinski definition) is 0. The molecular weight excluding hydrogens is 291 g/mol. The van der Waals surface area contributed by atoms with Gasteiger partial charge in [-0.1, -0.05) is 18.6 Å².